The van der Waals surface area contributed by atoms with E-state index in [-0.39, 0.29) is 5.69 Å². The number of nitrogens with zero attached hydrogens (tertiary/aromatic N) is 2. The smallest absolute Gasteiger partial charge is 0.343 e. The van der Waals surface area contributed by atoms with Crippen molar-refractivity contribution in [1.82, 2.24) is 14.8 Å². The molecule has 1 aromatic carbocycles. The predicted octanol–water partition coefficient (Wildman–Crippen LogP) is 3.20. The van der Waals surface area contributed by atoms with Crippen molar-refractivity contribution in [2.45, 2.75) is 31.5 Å². The summed E-state index contributed by atoms with van der Waals surface area (Å²) in [7, 11) is 0. The molecule has 0 spiro atoms. The Morgan fingerprint density at radius 2 is 2.33 bits per heavy atom. The maximum Gasteiger partial charge on any atom is 0.343 e. The van der Waals surface area contributed by atoms with Crippen LogP contribution in [-0.4, -0.2) is 27.1 Å². The monoisotopic (exact) mass is 327 g/mol. The number of nitrogens with one attached hydrogen (secondary N) is 1. The molecule has 114 valence electrons. The van der Waals surface area contributed by atoms with Gasteiger partial charge >= 0.3 is 5.69 Å². The number of halogens is 1. The topological polar surface area (TPSA) is 59.9 Å². The van der Waals surface area contributed by atoms with Crippen LogP contribution in [-0.2, 0) is 6.54 Å². The summed E-state index contributed by atoms with van der Waals surface area (Å²) in [5.74, 6) is 1.46. The zero-order valence-corrected chi connectivity index (χ0v) is 13.4. The van der Waals surface area contributed by atoms with Gasteiger partial charge in [-0.1, -0.05) is 42.8 Å². The van der Waals surface area contributed by atoms with Crippen molar-refractivity contribution in [1.29, 1.82) is 0 Å². The average molecular weight is 328 g/mol. The van der Waals surface area contributed by atoms with Gasteiger partial charge in [-0.15, -0.1) is 5.10 Å². The fraction of sp³-hybridized carbons (Fsp3) is 0.429. The van der Waals surface area contributed by atoms with Crippen LogP contribution in [0.1, 0.15) is 19.8 Å². The van der Waals surface area contributed by atoms with Crippen molar-refractivity contribution in [3.05, 3.63) is 39.8 Å². The molecule has 0 aliphatic rings. The molecule has 1 aromatic heterocycles. The van der Waals surface area contributed by atoms with E-state index in [0.29, 0.717) is 29.1 Å². The van der Waals surface area contributed by atoms with Crippen LogP contribution >= 0.6 is 23.4 Å². The summed E-state index contributed by atoms with van der Waals surface area (Å²) in [5, 5.41) is 7.89. The highest BCUT2D eigenvalue weighted by Crippen LogP contribution is 2.18. The molecule has 21 heavy (non-hydrogen) atoms. The number of benzene rings is 1. The van der Waals surface area contributed by atoms with Gasteiger partial charge in [-0.3, -0.25) is 4.57 Å². The van der Waals surface area contributed by atoms with Gasteiger partial charge in [-0.25, -0.2) is 9.89 Å². The van der Waals surface area contributed by atoms with Crippen LogP contribution in [0.3, 0.4) is 0 Å². The molecule has 0 atom stereocenters. The first kappa shape index (κ1) is 16.0. The largest absolute Gasteiger partial charge is 0.493 e. The number of rotatable bonds is 8. The minimum Gasteiger partial charge on any atom is -0.493 e. The van der Waals surface area contributed by atoms with Crippen LogP contribution in [0.2, 0.25) is 5.02 Å². The molecule has 0 unspecified atom stereocenters. The summed E-state index contributed by atoms with van der Waals surface area (Å²) < 4.78 is 7.28. The summed E-state index contributed by atoms with van der Waals surface area (Å²) >= 11 is 7.39. The standard InChI is InChI=1S/C14H18ClN3O2S/c1-2-3-7-18-13(19)16-17-14(18)21-9-8-20-12-6-4-5-11(15)10-12/h4-6,10H,2-3,7-9H2,1H3,(H,16,19). The lowest BCUT2D eigenvalue weighted by molar-refractivity contribution is 0.344. The molecule has 0 aliphatic heterocycles. The van der Waals surface area contributed by atoms with Crippen LogP contribution in [0.25, 0.3) is 0 Å². The molecule has 0 aliphatic carbocycles. The minimum absolute atomic E-state index is 0.151. The van der Waals surface area contributed by atoms with Crippen LogP contribution in [0.15, 0.2) is 34.2 Å². The first-order valence-corrected chi connectivity index (χ1v) is 8.23. The van der Waals surface area contributed by atoms with Gasteiger partial charge in [0, 0.05) is 17.3 Å². The number of ether oxygens (including phenoxy) is 1. The second kappa shape index (κ2) is 8.14. The van der Waals surface area contributed by atoms with E-state index in [2.05, 4.69) is 17.1 Å². The van der Waals surface area contributed by atoms with Crippen molar-refractivity contribution < 1.29 is 4.74 Å². The number of hydrogen-bond donors (Lipinski definition) is 1. The van der Waals surface area contributed by atoms with Crippen molar-refractivity contribution in [2.75, 3.05) is 12.4 Å². The third-order valence-electron chi connectivity index (χ3n) is 2.84. The van der Waals surface area contributed by atoms with Crippen LogP contribution < -0.4 is 10.4 Å². The van der Waals surface area contributed by atoms with Gasteiger partial charge in [-0.05, 0) is 24.6 Å². The van der Waals surface area contributed by atoms with Crippen molar-refractivity contribution >= 4 is 23.4 Å². The molecule has 0 saturated carbocycles. The molecule has 7 heteroatoms. The summed E-state index contributed by atoms with van der Waals surface area (Å²) in [6.07, 6.45) is 2.01. The molecule has 1 N–H and O–H groups in total. The highest BCUT2D eigenvalue weighted by Gasteiger charge is 2.08. The summed E-state index contributed by atoms with van der Waals surface area (Å²) in [6, 6.07) is 7.29. The number of hydrogen-bond acceptors (Lipinski definition) is 4. The SMILES string of the molecule is CCCCn1c(SCCOc2cccc(Cl)c2)n[nH]c1=O. The Morgan fingerprint density at radius 3 is 3.10 bits per heavy atom. The second-order valence-electron chi connectivity index (χ2n) is 4.47. The maximum atomic E-state index is 11.6. The number of thioether (sulfide) groups is 1. The van der Waals surface area contributed by atoms with E-state index in [1.54, 1.807) is 16.7 Å². The fourth-order valence-corrected chi connectivity index (χ4v) is 2.75. The van der Waals surface area contributed by atoms with Crippen molar-refractivity contribution in [3.8, 4) is 5.75 Å². The molecule has 0 amide bonds. The molecule has 1 heterocycles. The maximum absolute atomic E-state index is 11.6. The first-order chi connectivity index (χ1) is 10.2. The highest BCUT2D eigenvalue weighted by molar-refractivity contribution is 7.99. The second-order valence-corrected chi connectivity index (χ2v) is 5.97. The molecule has 0 radical (unpaired) electrons. The lowest BCUT2D eigenvalue weighted by Gasteiger charge is -2.07. The molecular formula is C14H18ClN3O2S. The van der Waals surface area contributed by atoms with Gasteiger partial charge in [0.15, 0.2) is 5.16 Å². The average Bonchev–Trinajstić information content (AvgIpc) is 2.82. The van der Waals surface area contributed by atoms with Crippen molar-refractivity contribution in [2.24, 2.45) is 0 Å². The molecular weight excluding hydrogens is 310 g/mol. The number of H-pyrrole nitrogens is 1. The van der Waals surface area contributed by atoms with Gasteiger partial charge in [0.2, 0.25) is 0 Å². The van der Waals surface area contributed by atoms with E-state index in [1.165, 1.54) is 11.8 Å². The van der Waals surface area contributed by atoms with Gasteiger partial charge in [0.1, 0.15) is 5.75 Å². The van der Waals surface area contributed by atoms with E-state index < -0.39 is 0 Å². The Labute approximate surface area is 132 Å². The zero-order chi connectivity index (χ0) is 15.1. The third-order valence-corrected chi connectivity index (χ3v) is 4.01. The first-order valence-electron chi connectivity index (χ1n) is 6.87. The number of unbranched alkanes of at least 4 members (excludes halogenated alkanes) is 1. The normalized spacial score (nSPS) is 10.8. The molecule has 2 rings (SSSR count). The summed E-state index contributed by atoms with van der Waals surface area (Å²) in [4.78, 5) is 11.6. The van der Waals surface area contributed by atoms with Crippen molar-refractivity contribution in [3.63, 3.8) is 0 Å². The van der Waals surface area contributed by atoms with Crippen LogP contribution in [0, 0.1) is 0 Å². The highest BCUT2D eigenvalue weighted by atomic mass is 35.5. The number of aromatic nitrogens is 3. The Balaban J connectivity index is 1.82. The van der Waals surface area contributed by atoms with E-state index in [0.717, 1.165) is 18.6 Å². The lowest BCUT2D eigenvalue weighted by Crippen LogP contribution is -2.17. The fourth-order valence-electron chi connectivity index (χ4n) is 1.78. The Hall–Kier alpha value is -1.40. The molecule has 0 bridgehead atoms. The van der Waals surface area contributed by atoms with Gasteiger partial charge < -0.3 is 4.74 Å². The van der Waals surface area contributed by atoms with Crippen LogP contribution in [0.4, 0.5) is 0 Å². The molecule has 5 nitrogen and oxygen atoms in total. The number of aromatic amines is 1. The van der Waals surface area contributed by atoms with Gasteiger partial charge in [0.25, 0.3) is 0 Å². The molecule has 0 saturated heterocycles. The lowest BCUT2D eigenvalue weighted by atomic mass is 10.3. The van der Waals surface area contributed by atoms with Crippen LogP contribution in [0.5, 0.6) is 5.75 Å². The van der Waals surface area contributed by atoms with Gasteiger partial charge in [0.05, 0.1) is 6.61 Å². The predicted molar refractivity (Wildman–Crippen MR) is 85.4 cm³/mol. The third kappa shape index (κ3) is 4.82. The van der Waals surface area contributed by atoms with Gasteiger partial charge in [-0.2, -0.15) is 0 Å². The van der Waals surface area contributed by atoms with E-state index >= 15 is 0 Å². The van der Waals surface area contributed by atoms with E-state index in [1.807, 2.05) is 12.1 Å². The summed E-state index contributed by atoms with van der Waals surface area (Å²) in [5.41, 5.74) is -0.151. The Kier molecular flexibility index (Phi) is 6.20. The Bertz CT molecular complexity index is 627. The quantitative estimate of drug-likeness (QED) is 0.597. The summed E-state index contributed by atoms with van der Waals surface area (Å²) in [6.45, 7) is 3.32. The Morgan fingerprint density at radius 1 is 1.48 bits per heavy atom. The zero-order valence-electron chi connectivity index (χ0n) is 11.8. The molecule has 2 aromatic rings. The minimum atomic E-state index is -0.151. The van der Waals surface area contributed by atoms with E-state index in [9.17, 15) is 4.79 Å². The molecule has 0 fully saturated rings. The van der Waals surface area contributed by atoms with E-state index in [4.69, 9.17) is 16.3 Å².